The molecule has 0 radical (unpaired) electrons. The summed E-state index contributed by atoms with van der Waals surface area (Å²) < 4.78 is 0. The van der Waals surface area contributed by atoms with Crippen LogP contribution in [0.25, 0.3) is 0 Å². The second kappa shape index (κ2) is 11.0. The van der Waals surface area contributed by atoms with Gasteiger partial charge in [-0.15, -0.1) is 0 Å². The zero-order valence-corrected chi connectivity index (χ0v) is 17.3. The van der Waals surface area contributed by atoms with Crippen LogP contribution in [0.5, 0.6) is 0 Å². The lowest BCUT2D eigenvalue weighted by Gasteiger charge is -2.29. The summed E-state index contributed by atoms with van der Waals surface area (Å²) in [6.45, 7) is 11.9. The van der Waals surface area contributed by atoms with Gasteiger partial charge in [-0.05, 0) is 24.2 Å². The van der Waals surface area contributed by atoms with Gasteiger partial charge in [0.1, 0.15) is 0 Å². The first kappa shape index (κ1) is 23.8. The van der Waals surface area contributed by atoms with Crippen molar-refractivity contribution in [3.8, 4) is 0 Å². The zero-order chi connectivity index (χ0) is 21.2. The number of hydrogen-bond acceptors (Lipinski definition) is 4. The van der Waals surface area contributed by atoms with Crippen LogP contribution in [0.2, 0.25) is 0 Å². The van der Waals surface area contributed by atoms with E-state index in [1.54, 1.807) is 60.7 Å². The minimum absolute atomic E-state index is 0.0476. The van der Waals surface area contributed by atoms with Gasteiger partial charge in [-0.1, -0.05) is 88.4 Å². The molecule has 2 aromatic carbocycles. The third kappa shape index (κ3) is 6.44. The Morgan fingerprint density at radius 3 is 1.57 bits per heavy atom. The summed E-state index contributed by atoms with van der Waals surface area (Å²) in [4.78, 5) is 13.7. The van der Waals surface area contributed by atoms with Crippen LogP contribution in [-0.4, -0.2) is 52.4 Å². The number of nitrogens with zero attached hydrogens (tertiary/aromatic N) is 1. The van der Waals surface area contributed by atoms with Crippen molar-refractivity contribution in [2.24, 2.45) is 5.41 Å². The minimum atomic E-state index is -2.00. The molecule has 2 rings (SSSR count). The molecule has 5 heteroatoms. The highest BCUT2D eigenvalue weighted by molar-refractivity contribution is 5.83. The predicted molar refractivity (Wildman–Crippen MR) is 112 cm³/mol. The summed E-state index contributed by atoms with van der Waals surface area (Å²) in [6.07, 6.45) is 0. The second-order valence-corrected chi connectivity index (χ2v) is 7.53. The summed E-state index contributed by atoms with van der Waals surface area (Å²) in [5, 5.41) is 28.7. The molecule has 0 atom stereocenters. The van der Waals surface area contributed by atoms with E-state index in [-0.39, 0.29) is 12.0 Å². The van der Waals surface area contributed by atoms with Crippen LogP contribution in [-0.2, 0) is 10.4 Å². The Morgan fingerprint density at radius 1 is 0.893 bits per heavy atom. The van der Waals surface area contributed by atoms with Crippen LogP contribution in [0.3, 0.4) is 0 Å². The molecule has 154 valence electrons. The molecular weight excluding hydrogens is 354 g/mol. The van der Waals surface area contributed by atoms with Crippen molar-refractivity contribution >= 4 is 5.97 Å². The summed E-state index contributed by atoms with van der Waals surface area (Å²) in [6, 6.07) is 16.7. The third-order valence-electron chi connectivity index (χ3n) is 4.67. The molecule has 0 saturated carbocycles. The maximum absolute atomic E-state index is 11.4. The lowest BCUT2D eigenvalue weighted by molar-refractivity contribution is -0.155. The lowest BCUT2D eigenvalue weighted by Crippen LogP contribution is -2.36. The second-order valence-electron chi connectivity index (χ2n) is 7.53. The average molecular weight is 388 g/mol. The van der Waals surface area contributed by atoms with Crippen LogP contribution < -0.4 is 0 Å². The number of carboxylic acids is 1. The highest BCUT2D eigenvalue weighted by Gasteiger charge is 2.39. The molecule has 0 spiro atoms. The van der Waals surface area contributed by atoms with E-state index < -0.39 is 11.6 Å². The summed E-state index contributed by atoms with van der Waals surface area (Å²) in [7, 11) is 0. The first-order chi connectivity index (χ1) is 13.2. The number of aliphatic hydroxyl groups is 2. The molecule has 5 nitrogen and oxygen atoms in total. The quantitative estimate of drug-likeness (QED) is 0.647. The predicted octanol–water partition coefficient (Wildman–Crippen LogP) is 3.35. The van der Waals surface area contributed by atoms with Gasteiger partial charge >= 0.3 is 5.97 Å². The number of carboxylic acid groups (broad SMARTS) is 1. The van der Waals surface area contributed by atoms with E-state index in [0.29, 0.717) is 11.1 Å². The minimum Gasteiger partial charge on any atom is -0.479 e. The summed E-state index contributed by atoms with van der Waals surface area (Å²) in [5.41, 5.74) is -1.26. The molecule has 3 N–H and O–H groups in total. The number of aliphatic hydroxyl groups excluding tert-OH is 1. The molecule has 0 fully saturated rings. The Labute approximate surface area is 168 Å². The van der Waals surface area contributed by atoms with Crippen LogP contribution in [0.15, 0.2) is 60.7 Å². The maximum Gasteiger partial charge on any atom is 0.345 e. The number of benzene rings is 2. The summed E-state index contributed by atoms with van der Waals surface area (Å²) >= 11 is 0. The Balaban J connectivity index is 0.000000311. The van der Waals surface area contributed by atoms with Crippen molar-refractivity contribution in [2.75, 3.05) is 26.2 Å². The standard InChI is InChI=1S/C14H12O3.C9H21NO/c15-13(16)14(17,11-7-3-1-4-8-11)12-9-5-2-6-10-12;1-5-10(6-2)7-9(3,4)8-11/h1-10,17H,(H,15,16);11H,5-8H2,1-4H3. The molecule has 2 aromatic rings. The fourth-order valence-corrected chi connectivity index (χ4v) is 2.87. The Morgan fingerprint density at radius 2 is 1.29 bits per heavy atom. The van der Waals surface area contributed by atoms with Crippen molar-refractivity contribution in [3.05, 3.63) is 71.8 Å². The highest BCUT2D eigenvalue weighted by atomic mass is 16.4. The van der Waals surface area contributed by atoms with Crippen molar-refractivity contribution in [1.82, 2.24) is 4.90 Å². The van der Waals surface area contributed by atoms with Crippen LogP contribution in [0.1, 0.15) is 38.8 Å². The first-order valence-corrected chi connectivity index (χ1v) is 9.61. The van der Waals surface area contributed by atoms with E-state index in [1.165, 1.54) is 0 Å². The van der Waals surface area contributed by atoms with E-state index in [9.17, 15) is 15.0 Å². The average Bonchev–Trinajstić information content (AvgIpc) is 2.73. The van der Waals surface area contributed by atoms with Gasteiger partial charge in [0.15, 0.2) is 0 Å². The van der Waals surface area contributed by atoms with Gasteiger partial charge in [0.05, 0.1) is 0 Å². The molecule has 0 aliphatic heterocycles. The van der Waals surface area contributed by atoms with Gasteiger partial charge < -0.3 is 20.2 Å². The van der Waals surface area contributed by atoms with Crippen LogP contribution >= 0.6 is 0 Å². The number of hydrogen-bond donors (Lipinski definition) is 3. The van der Waals surface area contributed by atoms with Gasteiger partial charge in [-0.25, -0.2) is 4.79 Å². The van der Waals surface area contributed by atoms with E-state index >= 15 is 0 Å². The van der Waals surface area contributed by atoms with Gasteiger partial charge in [-0.3, -0.25) is 0 Å². The number of rotatable bonds is 8. The van der Waals surface area contributed by atoms with Crippen LogP contribution in [0, 0.1) is 5.41 Å². The van der Waals surface area contributed by atoms with Crippen molar-refractivity contribution in [2.45, 2.75) is 33.3 Å². The highest BCUT2D eigenvalue weighted by Crippen LogP contribution is 2.29. The van der Waals surface area contributed by atoms with E-state index in [1.807, 2.05) is 0 Å². The Kier molecular flexibility index (Phi) is 9.32. The monoisotopic (exact) mass is 387 g/mol. The van der Waals surface area contributed by atoms with Gasteiger partial charge in [0, 0.05) is 18.6 Å². The molecule has 28 heavy (non-hydrogen) atoms. The molecular formula is C23H33NO4. The van der Waals surface area contributed by atoms with E-state index in [4.69, 9.17) is 5.11 Å². The summed E-state index contributed by atoms with van der Waals surface area (Å²) in [5.74, 6) is -1.28. The molecule has 0 heterocycles. The van der Waals surface area contributed by atoms with Gasteiger partial charge in [0.25, 0.3) is 0 Å². The molecule has 0 saturated heterocycles. The third-order valence-corrected chi connectivity index (χ3v) is 4.67. The number of aliphatic carboxylic acids is 1. The normalized spacial score (nSPS) is 11.7. The molecule has 0 aliphatic rings. The Hall–Kier alpha value is -2.21. The van der Waals surface area contributed by atoms with Gasteiger partial charge in [0.2, 0.25) is 5.60 Å². The van der Waals surface area contributed by atoms with E-state index in [0.717, 1.165) is 19.6 Å². The molecule has 0 aliphatic carbocycles. The van der Waals surface area contributed by atoms with Crippen molar-refractivity contribution in [1.29, 1.82) is 0 Å². The van der Waals surface area contributed by atoms with Gasteiger partial charge in [-0.2, -0.15) is 0 Å². The smallest absolute Gasteiger partial charge is 0.345 e. The van der Waals surface area contributed by atoms with E-state index in [2.05, 4.69) is 32.6 Å². The topological polar surface area (TPSA) is 81.0 Å². The molecule has 0 aromatic heterocycles. The molecule has 0 bridgehead atoms. The largest absolute Gasteiger partial charge is 0.479 e. The molecule has 0 unspecified atom stereocenters. The van der Waals surface area contributed by atoms with Crippen molar-refractivity contribution in [3.63, 3.8) is 0 Å². The Bertz CT molecular complexity index is 658. The van der Waals surface area contributed by atoms with Crippen molar-refractivity contribution < 1.29 is 20.1 Å². The van der Waals surface area contributed by atoms with Crippen LogP contribution in [0.4, 0.5) is 0 Å². The SMILES string of the molecule is CCN(CC)CC(C)(C)CO.O=C(O)C(O)(c1ccccc1)c1ccccc1. The number of carbonyl (C=O) groups is 1. The first-order valence-electron chi connectivity index (χ1n) is 9.61. The lowest BCUT2D eigenvalue weighted by atomic mass is 9.86. The maximum atomic E-state index is 11.4. The molecule has 0 amide bonds. The fourth-order valence-electron chi connectivity index (χ4n) is 2.87. The fraction of sp³-hybridized carbons (Fsp3) is 0.435. The zero-order valence-electron chi connectivity index (χ0n) is 17.3.